The third-order valence-corrected chi connectivity index (χ3v) is 5.18. The van der Waals surface area contributed by atoms with Crippen molar-refractivity contribution in [3.05, 3.63) is 59.8 Å². The molecule has 4 aromatic rings. The average Bonchev–Trinajstić information content (AvgIpc) is 3.27. The number of aliphatic hydroxyl groups excluding tert-OH is 1. The van der Waals surface area contributed by atoms with Gasteiger partial charge in [-0.2, -0.15) is 0 Å². The van der Waals surface area contributed by atoms with Gasteiger partial charge in [0.1, 0.15) is 11.9 Å². The highest BCUT2D eigenvalue weighted by molar-refractivity contribution is 5.94. The SMILES string of the molecule is CC(C)C(O)c1nnc2ccc(C(=O)N(C)Cc3nc4ccccc4n3C)cn12. The minimum atomic E-state index is -0.756. The van der Waals surface area contributed by atoms with Crippen LogP contribution in [0.25, 0.3) is 16.7 Å². The summed E-state index contributed by atoms with van der Waals surface area (Å²) in [5, 5.41) is 18.6. The van der Waals surface area contributed by atoms with Gasteiger partial charge in [0.25, 0.3) is 5.91 Å². The molecule has 29 heavy (non-hydrogen) atoms. The van der Waals surface area contributed by atoms with Crippen LogP contribution in [0, 0.1) is 5.92 Å². The van der Waals surface area contributed by atoms with E-state index in [1.165, 1.54) is 0 Å². The van der Waals surface area contributed by atoms with Gasteiger partial charge in [-0.25, -0.2) is 4.98 Å². The molecule has 8 heteroatoms. The zero-order valence-electron chi connectivity index (χ0n) is 16.9. The van der Waals surface area contributed by atoms with Crippen LogP contribution in [0.2, 0.25) is 0 Å². The largest absolute Gasteiger partial charge is 0.385 e. The van der Waals surface area contributed by atoms with E-state index < -0.39 is 6.10 Å². The monoisotopic (exact) mass is 392 g/mol. The minimum absolute atomic E-state index is 0.0121. The number of imidazole rings is 1. The molecule has 0 aliphatic heterocycles. The Hall–Kier alpha value is -3.26. The van der Waals surface area contributed by atoms with Gasteiger partial charge >= 0.3 is 0 Å². The molecule has 3 aromatic heterocycles. The second-order valence-corrected chi connectivity index (χ2v) is 7.63. The second kappa shape index (κ2) is 7.29. The number of pyridine rings is 1. The number of aryl methyl sites for hydroxylation is 1. The molecular formula is C21H24N6O2. The van der Waals surface area contributed by atoms with Crippen molar-refractivity contribution in [2.24, 2.45) is 13.0 Å². The Labute approximate surface area is 168 Å². The molecule has 1 amide bonds. The van der Waals surface area contributed by atoms with Crippen LogP contribution in [0.1, 0.15) is 42.0 Å². The molecule has 4 rings (SSSR count). The molecule has 0 aliphatic carbocycles. The summed E-state index contributed by atoms with van der Waals surface area (Å²) >= 11 is 0. The Morgan fingerprint density at radius 1 is 1.17 bits per heavy atom. The van der Waals surface area contributed by atoms with E-state index in [0.29, 0.717) is 23.6 Å². The molecule has 1 unspecified atom stereocenters. The van der Waals surface area contributed by atoms with Crippen LogP contribution in [0.5, 0.6) is 0 Å². The third-order valence-electron chi connectivity index (χ3n) is 5.18. The van der Waals surface area contributed by atoms with E-state index in [4.69, 9.17) is 0 Å². The summed E-state index contributed by atoms with van der Waals surface area (Å²) in [4.78, 5) is 19.3. The quantitative estimate of drug-likeness (QED) is 0.564. The topological polar surface area (TPSA) is 88.6 Å². The molecule has 0 aliphatic rings. The zero-order chi connectivity index (χ0) is 20.7. The predicted molar refractivity (Wildman–Crippen MR) is 109 cm³/mol. The molecule has 0 saturated heterocycles. The molecule has 1 N–H and O–H groups in total. The molecule has 0 radical (unpaired) electrons. The normalized spacial score (nSPS) is 12.8. The smallest absolute Gasteiger partial charge is 0.255 e. The highest BCUT2D eigenvalue weighted by Crippen LogP contribution is 2.21. The molecule has 150 valence electrons. The number of hydrogen-bond acceptors (Lipinski definition) is 5. The van der Waals surface area contributed by atoms with Gasteiger partial charge in [-0.05, 0) is 30.2 Å². The van der Waals surface area contributed by atoms with Gasteiger partial charge in [-0.1, -0.05) is 26.0 Å². The van der Waals surface area contributed by atoms with E-state index in [-0.39, 0.29) is 11.8 Å². The third kappa shape index (κ3) is 3.36. The van der Waals surface area contributed by atoms with E-state index in [0.717, 1.165) is 16.9 Å². The first-order valence-electron chi connectivity index (χ1n) is 9.55. The zero-order valence-corrected chi connectivity index (χ0v) is 16.9. The molecule has 0 saturated carbocycles. The Balaban J connectivity index is 1.62. The van der Waals surface area contributed by atoms with Crippen LogP contribution in [0.3, 0.4) is 0 Å². The van der Waals surface area contributed by atoms with Crippen molar-refractivity contribution >= 4 is 22.6 Å². The van der Waals surface area contributed by atoms with Crippen molar-refractivity contribution < 1.29 is 9.90 Å². The number of carbonyl (C=O) groups is 1. The molecule has 1 aromatic carbocycles. The molecule has 8 nitrogen and oxygen atoms in total. The standard InChI is InChI=1S/C21H24N6O2/c1-13(2)19(28)20-24-23-17-10-9-14(11-27(17)20)21(29)25(3)12-18-22-15-7-5-6-8-16(15)26(18)4/h5-11,13,19,28H,12H2,1-4H3. The summed E-state index contributed by atoms with van der Waals surface area (Å²) < 4.78 is 3.68. The first-order valence-corrected chi connectivity index (χ1v) is 9.55. The van der Waals surface area contributed by atoms with Crippen molar-refractivity contribution in [1.29, 1.82) is 0 Å². The van der Waals surface area contributed by atoms with Crippen LogP contribution < -0.4 is 0 Å². The number of benzene rings is 1. The van der Waals surface area contributed by atoms with Gasteiger partial charge in [0.15, 0.2) is 11.5 Å². The summed E-state index contributed by atoms with van der Waals surface area (Å²) in [7, 11) is 3.70. The van der Waals surface area contributed by atoms with Gasteiger partial charge in [0.05, 0.1) is 23.1 Å². The molecule has 1 atom stereocenters. The number of fused-ring (bicyclic) bond motifs is 2. The van der Waals surface area contributed by atoms with Crippen molar-refractivity contribution in [1.82, 2.24) is 29.0 Å². The Morgan fingerprint density at radius 2 is 1.93 bits per heavy atom. The highest BCUT2D eigenvalue weighted by Gasteiger charge is 2.21. The Morgan fingerprint density at radius 3 is 2.66 bits per heavy atom. The van der Waals surface area contributed by atoms with Gasteiger partial charge in [0, 0.05) is 20.3 Å². The van der Waals surface area contributed by atoms with Crippen molar-refractivity contribution in [2.75, 3.05) is 7.05 Å². The molecular weight excluding hydrogens is 368 g/mol. The van der Waals surface area contributed by atoms with E-state index in [1.807, 2.05) is 49.7 Å². The number of nitrogens with zero attached hydrogens (tertiary/aromatic N) is 6. The van der Waals surface area contributed by atoms with Crippen LogP contribution in [-0.4, -0.2) is 47.1 Å². The maximum atomic E-state index is 13.0. The lowest BCUT2D eigenvalue weighted by atomic mass is 10.1. The average molecular weight is 392 g/mol. The number of para-hydroxylation sites is 2. The van der Waals surface area contributed by atoms with Gasteiger partial charge in [-0.15, -0.1) is 10.2 Å². The summed E-state index contributed by atoms with van der Waals surface area (Å²) in [6, 6.07) is 11.4. The fourth-order valence-electron chi connectivity index (χ4n) is 3.38. The Bertz CT molecular complexity index is 1190. The molecule has 3 heterocycles. The molecule has 0 spiro atoms. The lowest BCUT2D eigenvalue weighted by Crippen LogP contribution is -2.27. The van der Waals surface area contributed by atoms with Gasteiger partial charge < -0.3 is 14.6 Å². The van der Waals surface area contributed by atoms with Gasteiger partial charge in [-0.3, -0.25) is 9.20 Å². The summed E-state index contributed by atoms with van der Waals surface area (Å²) in [5.41, 5.74) is 3.02. The maximum Gasteiger partial charge on any atom is 0.255 e. The number of rotatable bonds is 5. The van der Waals surface area contributed by atoms with E-state index in [2.05, 4.69) is 15.2 Å². The molecule has 0 fully saturated rings. The fourth-order valence-corrected chi connectivity index (χ4v) is 3.38. The van der Waals surface area contributed by atoms with Crippen molar-refractivity contribution in [2.45, 2.75) is 26.5 Å². The van der Waals surface area contributed by atoms with E-state index in [9.17, 15) is 9.90 Å². The second-order valence-electron chi connectivity index (χ2n) is 7.63. The van der Waals surface area contributed by atoms with E-state index >= 15 is 0 Å². The number of amides is 1. The number of aromatic nitrogens is 5. The number of carbonyl (C=O) groups excluding carboxylic acids is 1. The lowest BCUT2D eigenvalue weighted by molar-refractivity contribution is 0.0779. The van der Waals surface area contributed by atoms with Crippen LogP contribution in [0.15, 0.2) is 42.6 Å². The van der Waals surface area contributed by atoms with Crippen LogP contribution in [0.4, 0.5) is 0 Å². The summed E-state index contributed by atoms with van der Waals surface area (Å²) in [5.74, 6) is 1.09. The number of aliphatic hydroxyl groups is 1. The van der Waals surface area contributed by atoms with Crippen LogP contribution in [-0.2, 0) is 13.6 Å². The summed E-state index contributed by atoms with van der Waals surface area (Å²) in [6.07, 6.45) is 0.928. The van der Waals surface area contributed by atoms with Crippen LogP contribution >= 0.6 is 0 Å². The predicted octanol–water partition coefficient (Wildman–Crippen LogP) is 2.58. The highest BCUT2D eigenvalue weighted by atomic mass is 16.3. The number of hydrogen-bond donors (Lipinski definition) is 1. The first-order chi connectivity index (χ1) is 13.9. The summed E-state index contributed by atoms with van der Waals surface area (Å²) in [6.45, 7) is 4.20. The first kappa shape index (κ1) is 19.1. The molecule has 0 bridgehead atoms. The van der Waals surface area contributed by atoms with Crippen molar-refractivity contribution in [3.63, 3.8) is 0 Å². The fraction of sp³-hybridized carbons (Fsp3) is 0.333. The lowest BCUT2D eigenvalue weighted by Gasteiger charge is -2.17. The maximum absolute atomic E-state index is 13.0. The van der Waals surface area contributed by atoms with Gasteiger partial charge in [0.2, 0.25) is 0 Å². The Kier molecular flexibility index (Phi) is 4.79. The van der Waals surface area contributed by atoms with Crippen molar-refractivity contribution in [3.8, 4) is 0 Å². The van der Waals surface area contributed by atoms with E-state index in [1.54, 1.807) is 34.7 Å². The minimum Gasteiger partial charge on any atom is -0.385 e.